The fourth-order valence-electron chi connectivity index (χ4n) is 2.18. The Balaban J connectivity index is 1.90. The molecule has 0 aliphatic carbocycles. The molecule has 1 aromatic rings. The first kappa shape index (κ1) is 13.5. The van der Waals surface area contributed by atoms with Crippen molar-refractivity contribution in [1.82, 2.24) is 5.32 Å². The lowest BCUT2D eigenvalue weighted by atomic mass is 10.0. The van der Waals surface area contributed by atoms with Crippen molar-refractivity contribution >= 4 is 0 Å². The first-order valence-corrected chi connectivity index (χ1v) is 6.57. The maximum absolute atomic E-state index is 5.65. The molecule has 0 unspecified atom stereocenters. The van der Waals surface area contributed by atoms with E-state index in [1.165, 1.54) is 11.1 Å². The molecular weight excluding hydrogens is 226 g/mol. The Kier molecular flexibility index (Phi) is 4.05. The molecule has 0 bridgehead atoms. The van der Waals surface area contributed by atoms with Crippen molar-refractivity contribution in [3.05, 3.63) is 35.4 Å². The summed E-state index contributed by atoms with van der Waals surface area (Å²) in [6.07, 6.45) is 0. The summed E-state index contributed by atoms with van der Waals surface area (Å²) in [6.45, 7) is 9.59. The number of hydrogen-bond donors (Lipinski definition) is 1. The Morgan fingerprint density at radius 2 is 1.94 bits per heavy atom. The summed E-state index contributed by atoms with van der Waals surface area (Å²) < 4.78 is 11.3. The quantitative estimate of drug-likeness (QED) is 0.893. The molecule has 100 valence electrons. The van der Waals surface area contributed by atoms with Crippen LogP contribution >= 0.6 is 0 Å². The van der Waals surface area contributed by atoms with Gasteiger partial charge in [0.1, 0.15) is 0 Å². The molecule has 0 aromatic heterocycles. The van der Waals surface area contributed by atoms with Crippen LogP contribution in [0.5, 0.6) is 0 Å². The van der Waals surface area contributed by atoms with Gasteiger partial charge in [-0.3, -0.25) is 0 Å². The second-order valence-electron chi connectivity index (χ2n) is 5.52. The van der Waals surface area contributed by atoms with E-state index in [4.69, 9.17) is 9.47 Å². The molecule has 0 saturated carbocycles. The first-order valence-electron chi connectivity index (χ1n) is 6.57. The van der Waals surface area contributed by atoms with Crippen molar-refractivity contribution in [2.45, 2.75) is 45.6 Å². The van der Waals surface area contributed by atoms with E-state index in [-0.39, 0.29) is 6.04 Å². The Morgan fingerprint density at radius 3 is 2.56 bits per heavy atom. The van der Waals surface area contributed by atoms with Crippen molar-refractivity contribution in [2.24, 2.45) is 0 Å². The molecular formula is C15H23NO2. The highest BCUT2D eigenvalue weighted by Gasteiger charge is 2.28. The Morgan fingerprint density at radius 1 is 1.28 bits per heavy atom. The van der Waals surface area contributed by atoms with Crippen LogP contribution < -0.4 is 5.32 Å². The number of rotatable bonds is 3. The summed E-state index contributed by atoms with van der Waals surface area (Å²) in [6, 6.07) is 9.15. The summed E-state index contributed by atoms with van der Waals surface area (Å²) in [5.74, 6) is -0.440. The van der Waals surface area contributed by atoms with Gasteiger partial charge in [-0.1, -0.05) is 29.8 Å². The van der Waals surface area contributed by atoms with E-state index >= 15 is 0 Å². The standard InChI is InChI=1S/C15H23NO2/c1-11-6-5-7-13(8-11)12(2)16-14-9-17-15(3,4)18-10-14/h5-8,12,14,16H,9-10H2,1-4H3/t12-/m1/s1. The second-order valence-corrected chi connectivity index (χ2v) is 5.52. The number of ether oxygens (including phenoxy) is 2. The molecule has 1 saturated heterocycles. The van der Waals surface area contributed by atoms with E-state index in [1.807, 2.05) is 13.8 Å². The second kappa shape index (κ2) is 5.39. The van der Waals surface area contributed by atoms with Crippen LogP contribution in [0.1, 0.15) is 37.9 Å². The van der Waals surface area contributed by atoms with E-state index < -0.39 is 5.79 Å². The maximum Gasteiger partial charge on any atom is 0.162 e. The predicted octanol–water partition coefficient (Wildman–Crippen LogP) is 2.80. The predicted molar refractivity (Wildman–Crippen MR) is 72.5 cm³/mol. The van der Waals surface area contributed by atoms with Gasteiger partial charge in [0.2, 0.25) is 0 Å². The fraction of sp³-hybridized carbons (Fsp3) is 0.600. The maximum atomic E-state index is 5.65. The molecule has 3 nitrogen and oxygen atoms in total. The SMILES string of the molecule is Cc1cccc([C@@H](C)NC2COC(C)(C)OC2)c1. The molecule has 1 aliphatic heterocycles. The van der Waals surface area contributed by atoms with Crippen LogP contribution in [0, 0.1) is 6.92 Å². The van der Waals surface area contributed by atoms with Gasteiger partial charge in [-0.15, -0.1) is 0 Å². The highest BCUT2D eigenvalue weighted by Crippen LogP contribution is 2.20. The zero-order valence-electron chi connectivity index (χ0n) is 11.7. The van der Waals surface area contributed by atoms with E-state index in [1.54, 1.807) is 0 Å². The molecule has 1 fully saturated rings. The monoisotopic (exact) mass is 249 g/mol. The summed E-state index contributed by atoms with van der Waals surface area (Å²) in [7, 11) is 0. The Bertz CT molecular complexity index is 393. The summed E-state index contributed by atoms with van der Waals surface area (Å²) in [5, 5.41) is 3.55. The number of aryl methyl sites for hydroxylation is 1. The molecule has 1 heterocycles. The van der Waals surface area contributed by atoms with Crippen molar-refractivity contribution < 1.29 is 9.47 Å². The van der Waals surface area contributed by atoms with Crippen LogP contribution in [0.3, 0.4) is 0 Å². The van der Waals surface area contributed by atoms with Gasteiger partial charge in [0.15, 0.2) is 5.79 Å². The normalized spacial score (nSPS) is 21.8. The van der Waals surface area contributed by atoms with Crippen LogP contribution in [0.25, 0.3) is 0 Å². The van der Waals surface area contributed by atoms with Gasteiger partial charge in [0.05, 0.1) is 19.3 Å². The van der Waals surface area contributed by atoms with Gasteiger partial charge >= 0.3 is 0 Å². The zero-order valence-corrected chi connectivity index (χ0v) is 11.7. The largest absolute Gasteiger partial charge is 0.349 e. The van der Waals surface area contributed by atoms with Crippen molar-refractivity contribution in [3.8, 4) is 0 Å². The van der Waals surface area contributed by atoms with Crippen LogP contribution in [-0.4, -0.2) is 25.0 Å². The molecule has 0 amide bonds. The zero-order chi connectivity index (χ0) is 13.2. The van der Waals surface area contributed by atoms with Crippen LogP contribution in [0.2, 0.25) is 0 Å². The molecule has 0 radical (unpaired) electrons. The molecule has 0 spiro atoms. The minimum Gasteiger partial charge on any atom is -0.349 e. The van der Waals surface area contributed by atoms with Gasteiger partial charge in [-0.2, -0.15) is 0 Å². The van der Waals surface area contributed by atoms with Gasteiger partial charge in [0, 0.05) is 6.04 Å². The average molecular weight is 249 g/mol. The summed E-state index contributed by atoms with van der Waals surface area (Å²) >= 11 is 0. The van der Waals surface area contributed by atoms with E-state index in [2.05, 4.69) is 43.4 Å². The molecule has 18 heavy (non-hydrogen) atoms. The highest BCUT2D eigenvalue weighted by atomic mass is 16.7. The van der Waals surface area contributed by atoms with Gasteiger partial charge in [0.25, 0.3) is 0 Å². The lowest BCUT2D eigenvalue weighted by molar-refractivity contribution is -0.253. The Labute approximate surface area is 109 Å². The summed E-state index contributed by atoms with van der Waals surface area (Å²) in [5.41, 5.74) is 2.60. The van der Waals surface area contributed by atoms with Crippen LogP contribution in [-0.2, 0) is 9.47 Å². The van der Waals surface area contributed by atoms with Crippen molar-refractivity contribution in [2.75, 3.05) is 13.2 Å². The molecule has 1 atom stereocenters. The lowest BCUT2D eigenvalue weighted by Crippen LogP contribution is -2.49. The summed E-state index contributed by atoms with van der Waals surface area (Å²) in [4.78, 5) is 0. The van der Waals surface area contributed by atoms with Crippen molar-refractivity contribution in [1.29, 1.82) is 0 Å². The third kappa shape index (κ3) is 3.55. The minimum atomic E-state index is -0.440. The van der Waals surface area contributed by atoms with Gasteiger partial charge in [-0.25, -0.2) is 0 Å². The van der Waals surface area contributed by atoms with E-state index in [0.717, 1.165) is 0 Å². The Hall–Kier alpha value is -0.900. The third-order valence-corrected chi connectivity index (χ3v) is 3.29. The molecule has 1 N–H and O–H groups in total. The smallest absolute Gasteiger partial charge is 0.162 e. The third-order valence-electron chi connectivity index (χ3n) is 3.29. The van der Waals surface area contributed by atoms with Crippen molar-refractivity contribution in [3.63, 3.8) is 0 Å². The molecule has 1 aromatic carbocycles. The van der Waals surface area contributed by atoms with E-state index in [0.29, 0.717) is 19.3 Å². The first-order chi connectivity index (χ1) is 8.46. The molecule has 2 rings (SSSR count). The number of benzene rings is 1. The molecule has 1 aliphatic rings. The van der Waals surface area contributed by atoms with Crippen LogP contribution in [0.15, 0.2) is 24.3 Å². The van der Waals surface area contributed by atoms with Crippen LogP contribution in [0.4, 0.5) is 0 Å². The van der Waals surface area contributed by atoms with Gasteiger partial charge < -0.3 is 14.8 Å². The highest BCUT2D eigenvalue weighted by molar-refractivity contribution is 5.24. The number of hydrogen-bond acceptors (Lipinski definition) is 3. The average Bonchev–Trinajstić information content (AvgIpc) is 2.32. The number of nitrogens with one attached hydrogen (secondary N) is 1. The fourth-order valence-corrected chi connectivity index (χ4v) is 2.18. The lowest BCUT2D eigenvalue weighted by Gasteiger charge is -2.36. The molecule has 3 heteroatoms. The minimum absolute atomic E-state index is 0.258. The topological polar surface area (TPSA) is 30.5 Å². The van der Waals surface area contributed by atoms with Gasteiger partial charge in [-0.05, 0) is 33.3 Å². The van der Waals surface area contributed by atoms with E-state index in [9.17, 15) is 0 Å².